The van der Waals surface area contributed by atoms with Gasteiger partial charge in [0.1, 0.15) is 4.90 Å². The van der Waals surface area contributed by atoms with Crippen LogP contribution in [0.1, 0.15) is 0 Å². The molecule has 9 heteroatoms. The van der Waals surface area contributed by atoms with Gasteiger partial charge in [0.25, 0.3) is 15.3 Å². The lowest BCUT2D eigenvalue weighted by molar-refractivity contribution is 0.241. The van der Waals surface area contributed by atoms with Gasteiger partial charge in [-0.3, -0.25) is 9.52 Å². The molecule has 0 heterocycles. The number of carbonyl (C=O) groups excluding carboxylic acids is 1. The number of hydrogen-bond donors (Lipinski definition) is 1. The Bertz CT molecular complexity index is 871. The van der Waals surface area contributed by atoms with Gasteiger partial charge in [-0.1, -0.05) is 22.0 Å². The number of amides is 1. The first-order valence-electron chi connectivity index (χ1n) is 6.66. The van der Waals surface area contributed by atoms with E-state index < -0.39 is 10.0 Å². The van der Waals surface area contributed by atoms with Crippen LogP contribution in [0.15, 0.2) is 61.2 Å². The third-order valence-corrected chi connectivity index (χ3v) is 6.74. The van der Waals surface area contributed by atoms with Gasteiger partial charge in [-0.2, -0.15) is 0 Å². The van der Waals surface area contributed by atoms with E-state index in [4.69, 9.17) is 0 Å². The molecule has 0 aliphatic rings. The molecule has 0 aliphatic heterocycles. The second kappa shape index (κ2) is 7.90. The number of anilines is 1. The molecule has 2 aromatic rings. The first-order valence-corrected chi connectivity index (χ1v) is 10.5. The monoisotopic (exact) mass is 492 g/mol. The molecule has 128 valence electrons. The summed E-state index contributed by atoms with van der Waals surface area (Å²) in [7, 11) is -0.441. The Morgan fingerprint density at radius 1 is 1.12 bits per heavy atom. The van der Waals surface area contributed by atoms with E-state index in [1.54, 1.807) is 50.5 Å². The summed E-state index contributed by atoms with van der Waals surface area (Å²) in [6, 6.07) is 11.6. The molecule has 2 rings (SSSR count). The van der Waals surface area contributed by atoms with Crippen LogP contribution in [-0.4, -0.2) is 32.7 Å². The van der Waals surface area contributed by atoms with Crippen LogP contribution in [0, 0.1) is 0 Å². The molecule has 0 bridgehead atoms. The fourth-order valence-electron chi connectivity index (χ4n) is 1.71. The maximum atomic E-state index is 12.6. The highest BCUT2D eigenvalue weighted by atomic mass is 79.9. The van der Waals surface area contributed by atoms with Crippen molar-refractivity contribution < 1.29 is 13.2 Å². The van der Waals surface area contributed by atoms with Crippen molar-refractivity contribution in [3.63, 3.8) is 0 Å². The standard InChI is InChI=1S/C15H14Br2N2O3S2/c1-19(2)15(20)23-12-5-3-4-11(9-12)18-24(21,22)14-8-10(16)6-7-13(14)17/h3-9,18H,1-2H3. The fourth-order valence-corrected chi connectivity index (χ4v) is 4.98. The Morgan fingerprint density at radius 3 is 2.50 bits per heavy atom. The van der Waals surface area contributed by atoms with Gasteiger partial charge in [0.15, 0.2) is 0 Å². The molecule has 1 N–H and O–H groups in total. The van der Waals surface area contributed by atoms with Crippen molar-refractivity contribution in [2.75, 3.05) is 18.8 Å². The van der Waals surface area contributed by atoms with Crippen LogP contribution in [0.2, 0.25) is 0 Å². The summed E-state index contributed by atoms with van der Waals surface area (Å²) in [5.41, 5.74) is 0.387. The zero-order valence-corrected chi connectivity index (χ0v) is 17.6. The van der Waals surface area contributed by atoms with Gasteiger partial charge in [-0.25, -0.2) is 8.42 Å². The first kappa shape index (κ1) is 19.3. The van der Waals surface area contributed by atoms with Crippen molar-refractivity contribution in [2.24, 2.45) is 0 Å². The molecule has 5 nitrogen and oxygen atoms in total. The Labute approximate surface area is 162 Å². The van der Waals surface area contributed by atoms with Crippen molar-refractivity contribution >= 4 is 64.6 Å². The van der Waals surface area contributed by atoms with Gasteiger partial charge in [0.2, 0.25) is 0 Å². The van der Waals surface area contributed by atoms with Gasteiger partial charge in [0, 0.05) is 33.6 Å². The summed E-state index contributed by atoms with van der Waals surface area (Å²) >= 11 is 7.55. The van der Waals surface area contributed by atoms with Crippen LogP contribution in [0.5, 0.6) is 0 Å². The van der Waals surface area contributed by atoms with Crippen LogP contribution in [0.4, 0.5) is 10.5 Å². The van der Waals surface area contributed by atoms with Crippen LogP contribution < -0.4 is 4.72 Å². The lowest BCUT2D eigenvalue weighted by Gasteiger charge is -2.12. The van der Waals surface area contributed by atoms with E-state index in [1.165, 1.54) is 11.0 Å². The number of rotatable bonds is 4. The van der Waals surface area contributed by atoms with Crippen molar-refractivity contribution in [2.45, 2.75) is 9.79 Å². The lowest BCUT2D eigenvalue weighted by atomic mass is 10.3. The van der Waals surface area contributed by atoms with Gasteiger partial charge >= 0.3 is 0 Å². The summed E-state index contributed by atoms with van der Waals surface area (Å²) < 4.78 is 28.8. The molecule has 0 unspecified atom stereocenters. The van der Waals surface area contributed by atoms with Gasteiger partial charge in [-0.15, -0.1) is 0 Å². The second-order valence-electron chi connectivity index (χ2n) is 4.97. The van der Waals surface area contributed by atoms with Crippen molar-refractivity contribution in [3.8, 4) is 0 Å². The van der Waals surface area contributed by atoms with Crippen molar-refractivity contribution in [1.82, 2.24) is 4.90 Å². The average molecular weight is 494 g/mol. The highest BCUT2D eigenvalue weighted by Gasteiger charge is 2.18. The number of carbonyl (C=O) groups is 1. The Morgan fingerprint density at radius 2 is 1.83 bits per heavy atom. The second-order valence-corrected chi connectivity index (χ2v) is 9.42. The number of nitrogens with zero attached hydrogens (tertiary/aromatic N) is 1. The smallest absolute Gasteiger partial charge is 0.285 e. The zero-order valence-electron chi connectivity index (χ0n) is 12.8. The molecule has 0 atom stereocenters. The molecule has 0 saturated carbocycles. The third-order valence-electron chi connectivity index (χ3n) is 2.84. The number of thioether (sulfide) groups is 1. The molecule has 1 amide bonds. The maximum Gasteiger partial charge on any atom is 0.285 e. The van der Waals surface area contributed by atoms with Crippen molar-refractivity contribution in [3.05, 3.63) is 51.4 Å². The SMILES string of the molecule is CN(C)C(=O)Sc1cccc(NS(=O)(=O)c2cc(Br)ccc2Br)c1. The zero-order chi connectivity index (χ0) is 17.9. The maximum absolute atomic E-state index is 12.6. The molecule has 0 saturated heterocycles. The summed E-state index contributed by atoms with van der Waals surface area (Å²) in [5.74, 6) is 0. The number of benzene rings is 2. The first-order chi connectivity index (χ1) is 11.2. The largest absolute Gasteiger partial charge is 0.339 e. The van der Waals surface area contributed by atoms with Gasteiger partial charge in [0.05, 0.1) is 0 Å². The molecule has 0 fully saturated rings. The summed E-state index contributed by atoms with van der Waals surface area (Å²) in [6.07, 6.45) is 0. The van der Waals surface area contributed by atoms with Crippen LogP contribution >= 0.6 is 43.6 Å². The average Bonchev–Trinajstić information content (AvgIpc) is 2.49. The molecule has 0 aromatic heterocycles. The van der Waals surface area contributed by atoms with Crippen molar-refractivity contribution in [1.29, 1.82) is 0 Å². The quantitative estimate of drug-likeness (QED) is 0.622. The van der Waals surface area contributed by atoms with Gasteiger partial charge < -0.3 is 4.90 Å². The molecule has 24 heavy (non-hydrogen) atoms. The number of sulfonamides is 1. The predicted octanol–water partition coefficient (Wildman–Crippen LogP) is 4.79. The van der Waals surface area contributed by atoms with Crippen LogP contribution in [0.25, 0.3) is 0 Å². The Balaban J connectivity index is 2.27. The minimum atomic E-state index is -3.76. The van der Waals surface area contributed by atoms with E-state index in [-0.39, 0.29) is 10.1 Å². The number of halogens is 2. The topological polar surface area (TPSA) is 66.5 Å². The van der Waals surface area contributed by atoms with E-state index in [0.717, 1.165) is 11.8 Å². The predicted molar refractivity (Wildman–Crippen MR) is 104 cm³/mol. The normalized spacial score (nSPS) is 11.2. The number of hydrogen-bond acceptors (Lipinski definition) is 4. The molecular weight excluding hydrogens is 480 g/mol. The van der Waals surface area contributed by atoms with Gasteiger partial charge in [-0.05, 0) is 64.1 Å². The number of nitrogens with one attached hydrogen (secondary N) is 1. The highest BCUT2D eigenvalue weighted by molar-refractivity contribution is 9.11. The molecule has 0 spiro atoms. The Hall–Kier alpha value is -1.03. The van der Waals surface area contributed by atoms with E-state index in [1.807, 2.05) is 0 Å². The molecule has 2 aromatic carbocycles. The molecular formula is C15H14Br2N2O3S2. The molecule has 0 aliphatic carbocycles. The van der Waals surface area contributed by atoms with E-state index in [0.29, 0.717) is 19.5 Å². The third kappa shape index (κ3) is 4.98. The lowest BCUT2D eigenvalue weighted by Crippen LogP contribution is -2.16. The fraction of sp³-hybridized carbons (Fsp3) is 0.133. The summed E-state index contributed by atoms with van der Waals surface area (Å²) in [5, 5.41) is -0.134. The minimum Gasteiger partial charge on any atom is -0.339 e. The summed E-state index contributed by atoms with van der Waals surface area (Å²) in [4.78, 5) is 14.0. The van der Waals surface area contributed by atoms with E-state index in [2.05, 4.69) is 36.6 Å². The molecule has 0 radical (unpaired) electrons. The summed E-state index contributed by atoms with van der Waals surface area (Å²) in [6.45, 7) is 0. The Kier molecular flexibility index (Phi) is 6.35. The van der Waals surface area contributed by atoms with Crippen LogP contribution in [0.3, 0.4) is 0 Å². The highest BCUT2D eigenvalue weighted by Crippen LogP contribution is 2.29. The van der Waals surface area contributed by atoms with E-state index in [9.17, 15) is 13.2 Å². The minimum absolute atomic E-state index is 0.124. The van der Waals surface area contributed by atoms with Crippen LogP contribution in [-0.2, 0) is 10.0 Å². The van der Waals surface area contributed by atoms with E-state index >= 15 is 0 Å².